The number of amides is 1. The third-order valence-electron chi connectivity index (χ3n) is 2.24. The molecule has 82 valence electrons. The SMILES string of the molecule is CCCc1ccc(CCNC(=O)Cl)cc1. The Morgan fingerprint density at radius 3 is 2.20 bits per heavy atom. The van der Waals surface area contributed by atoms with E-state index in [1.54, 1.807) is 0 Å². The molecule has 15 heavy (non-hydrogen) atoms. The standard InChI is InChI=1S/C12H16ClNO/c1-2-3-10-4-6-11(7-5-10)8-9-14-12(13)15/h4-7H,2-3,8-9H2,1H3,(H,14,15). The number of nitrogens with one attached hydrogen (secondary N) is 1. The Bertz CT molecular complexity index is 308. The summed E-state index contributed by atoms with van der Waals surface area (Å²) in [7, 11) is 0. The number of carbonyl (C=O) groups is 1. The molecule has 0 spiro atoms. The highest BCUT2D eigenvalue weighted by molar-refractivity contribution is 6.62. The molecule has 0 unspecified atom stereocenters. The van der Waals surface area contributed by atoms with Crippen LogP contribution in [0.15, 0.2) is 24.3 Å². The summed E-state index contributed by atoms with van der Waals surface area (Å²) in [5.41, 5.74) is 2.59. The summed E-state index contributed by atoms with van der Waals surface area (Å²) >= 11 is 5.16. The van der Waals surface area contributed by atoms with E-state index in [-0.39, 0.29) is 0 Å². The van der Waals surface area contributed by atoms with Crippen LogP contribution in [-0.4, -0.2) is 11.9 Å². The van der Waals surface area contributed by atoms with Crippen LogP contribution in [0.5, 0.6) is 0 Å². The molecule has 0 fully saturated rings. The third kappa shape index (κ3) is 4.84. The summed E-state index contributed by atoms with van der Waals surface area (Å²) in [5.74, 6) is 0. The number of aryl methyl sites for hydroxylation is 1. The second-order valence-corrected chi connectivity index (χ2v) is 3.86. The fraction of sp³-hybridized carbons (Fsp3) is 0.417. The van der Waals surface area contributed by atoms with Crippen molar-refractivity contribution in [3.63, 3.8) is 0 Å². The van der Waals surface area contributed by atoms with Crippen LogP contribution in [0.1, 0.15) is 24.5 Å². The van der Waals surface area contributed by atoms with Gasteiger partial charge < -0.3 is 5.32 Å². The van der Waals surface area contributed by atoms with E-state index < -0.39 is 5.37 Å². The van der Waals surface area contributed by atoms with Crippen LogP contribution < -0.4 is 5.32 Å². The fourth-order valence-electron chi connectivity index (χ4n) is 1.47. The Morgan fingerprint density at radius 1 is 1.20 bits per heavy atom. The average Bonchev–Trinajstić information content (AvgIpc) is 2.20. The lowest BCUT2D eigenvalue weighted by Gasteiger charge is -2.03. The highest BCUT2D eigenvalue weighted by Crippen LogP contribution is 2.06. The molecule has 0 radical (unpaired) electrons. The van der Waals surface area contributed by atoms with Crippen molar-refractivity contribution in [3.05, 3.63) is 35.4 Å². The molecule has 1 rings (SSSR count). The van der Waals surface area contributed by atoms with Gasteiger partial charge in [-0.1, -0.05) is 37.6 Å². The summed E-state index contributed by atoms with van der Waals surface area (Å²) in [4.78, 5) is 10.4. The molecule has 1 amide bonds. The van der Waals surface area contributed by atoms with Crippen LogP contribution in [-0.2, 0) is 12.8 Å². The molecule has 0 bridgehead atoms. The molecule has 0 aromatic heterocycles. The Kier molecular flexibility index (Phi) is 5.19. The molecule has 0 saturated carbocycles. The van der Waals surface area contributed by atoms with Gasteiger partial charge in [-0.15, -0.1) is 0 Å². The normalized spacial score (nSPS) is 10.0. The zero-order valence-corrected chi connectivity index (χ0v) is 9.68. The number of benzene rings is 1. The lowest BCUT2D eigenvalue weighted by atomic mass is 10.1. The predicted molar refractivity (Wildman–Crippen MR) is 63.4 cm³/mol. The van der Waals surface area contributed by atoms with Gasteiger partial charge in [0.25, 0.3) is 0 Å². The molecule has 1 aromatic rings. The molecule has 0 heterocycles. The van der Waals surface area contributed by atoms with Crippen molar-refractivity contribution in [1.82, 2.24) is 5.32 Å². The number of carbonyl (C=O) groups excluding carboxylic acids is 1. The summed E-state index contributed by atoms with van der Waals surface area (Å²) < 4.78 is 0. The first-order chi connectivity index (χ1) is 7.22. The first kappa shape index (κ1) is 12.1. The van der Waals surface area contributed by atoms with Gasteiger partial charge in [0.1, 0.15) is 0 Å². The van der Waals surface area contributed by atoms with Crippen LogP contribution in [0, 0.1) is 0 Å². The minimum Gasteiger partial charge on any atom is -0.342 e. The number of hydrogen-bond acceptors (Lipinski definition) is 1. The molecule has 0 aliphatic heterocycles. The maximum absolute atomic E-state index is 10.4. The molecular weight excluding hydrogens is 210 g/mol. The molecule has 0 aliphatic carbocycles. The van der Waals surface area contributed by atoms with E-state index >= 15 is 0 Å². The van der Waals surface area contributed by atoms with Crippen molar-refractivity contribution in [2.75, 3.05) is 6.54 Å². The molecular formula is C12H16ClNO. The Morgan fingerprint density at radius 2 is 1.73 bits per heavy atom. The van der Waals surface area contributed by atoms with Crippen molar-refractivity contribution in [2.45, 2.75) is 26.2 Å². The highest BCUT2D eigenvalue weighted by Gasteiger charge is 1.96. The van der Waals surface area contributed by atoms with Crippen molar-refractivity contribution in [3.8, 4) is 0 Å². The van der Waals surface area contributed by atoms with E-state index in [0.717, 1.165) is 12.8 Å². The van der Waals surface area contributed by atoms with E-state index in [2.05, 4.69) is 36.5 Å². The maximum atomic E-state index is 10.4. The predicted octanol–water partition coefficient (Wildman–Crippen LogP) is 3.13. The quantitative estimate of drug-likeness (QED) is 0.606. The van der Waals surface area contributed by atoms with E-state index in [4.69, 9.17) is 11.6 Å². The molecule has 0 aliphatic rings. The second kappa shape index (κ2) is 6.46. The van der Waals surface area contributed by atoms with E-state index in [0.29, 0.717) is 6.54 Å². The molecule has 3 heteroatoms. The van der Waals surface area contributed by atoms with Gasteiger partial charge in [-0.25, -0.2) is 0 Å². The summed E-state index contributed by atoms with van der Waals surface area (Å²) in [6.45, 7) is 2.76. The van der Waals surface area contributed by atoms with Crippen molar-refractivity contribution in [2.24, 2.45) is 0 Å². The fourth-order valence-corrected chi connectivity index (χ4v) is 1.56. The smallest absolute Gasteiger partial charge is 0.313 e. The summed E-state index contributed by atoms with van der Waals surface area (Å²) in [6, 6.07) is 8.49. The van der Waals surface area contributed by atoms with Crippen molar-refractivity contribution in [1.29, 1.82) is 0 Å². The number of halogens is 1. The van der Waals surface area contributed by atoms with Crippen molar-refractivity contribution < 1.29 is 4.79 Å². The van der Waals surface area contributed by atoms with Crippen LogP contribution >= 0.6 is 11.6 Å². The molecule has 1 aromatic carbocycles. The van der Waals surface area contributed by atoms with Gasteiger partial charge in [-0.3, -0.25) is 4.79 Å². The summed E-state index contributed by atoms with van der Waals surface area (Å²) in [6.07, 6.45) is 3.12. The lowest BCUT2D eigenvalue weighted by Crippen LogP contribution is -2.19. The Labute approximate surface area is 95.6 Å². The minimum atomic E-state index is -0.488. The zero-order valence-electron chi connectivity index (χ0n) is 8.92. The van der Waals surface area contributed by atoms with Gasteiger partial charge in [-0.2, -0.15) is 0 Å². The second-order valence-electron chi connectivity index (χ2n) is 3.52. The van der Waals surface area contributed by atoms with Gasteiger partial charge in [0, 0.05) is 6.54 Å². The molecule has 0 saturated heterocycles. The Hall–Kier alpha value is -1.02. The average molecular weight is 226 g/mol. The molecule has 2 nitrogen and oxygen atoms in total. The Balaban J connectivity index is 2.39. The third-order valence-corrected chi connectivity index (χ3v) is 2.37. The van der Waals surface area contributed by atoms with E-state index in [1.165, 1.54) is 17.5 Å². The first-order valence-electron chi connectivity index (χ1n) is 5.23. The van der Waals surface area contributed by atoms with Crippen LogP contribution in [0.2, 0.25) is 0 Å². The van der Waals surface area contributed by atoms with E-state index in [9.17, 15) is 4.79 Å². The van der Waals surface area contributed by atoms with Crippen molar-refractivity contribution >= 4 is 17.0 Å². The topological polar surface area (TPSA) is 29.1 Å². The van der Waals surface area contributed by atoms with Crippen LogP contribution in [0.3, 0.4) is 0 Å². The monoisotopic (exact) mass is 225 g/mol. The highest BCUT2D eigenvalue weighted by atomic mass is 35.5. The lowest BCUT2D eigenvalue weighted by molar-refractivity contribution is 0.260. The number of rotatable bonds is 5. The minimum absolute atomic E-state index is 0.488. The molecule has 1 N–H and O–H groups in total. The largest absolute Gasteiger partial charge is 0.342 e. The van der Waals surface area contributed by atoms with Gasteiger partial charge in [0.15, 0.2) is 0 Å². The van der Waals surface area contributed by atoms with E-state index in [1.807, 2.05) is 0 Å². The maximum Gasteiger partial charge on any atom is 0.313 e. The zero-order chi connectivity index (χ0) is 11.1. The van der Waals surface area contributed by atoms with Crippen LogP contribution in [0.25, 0.3) is 0 Å². The van der Waals surface area contributed by atoms with Gasteiger partial charge >= 0.3 is 5.37 Å². The summed E-state index contributed by atoms with van der Waals surface area (Å²) in [5, 5.41) is 2.07. The number of hydrogen-bond donors (Lipinski definition) is 1. The molecule has 0 atom stereocenters. The van der Waals surface area contributed by atoms with Crippen LogP contribution in [0.4, 0.5) is 4.79 Å². The van der Waals surface area contributed by atoms with Gasteiger partial charge in [0.2, 0.25) is 0 Å². The first-order valence-corrected chi connectivity index (χ1v) is 5.61. The van der Waals surface area contributed by atoms with Gasteiger partial charge in [-0.05, 0) is 35.6 Å². The van der Waals surface area contributed by atoms with Gasteiger partial charge in [0.05, 0.1) is 0 Å².